The Morgan fingerprint density at radius 2 is 1.77 bits per heavy atom. The number of nitrogens with zero attached hydrogens (tertiary/aromatic N) is 1. The molecule has 1 amide bonds. The number of carbonyl (C=O) groups excluding carboxylic acids is 1. The summed E-state index contributed by atoms with van der Waals surface area (Å²) in [6.45, 7) is 3.44. The summed E-state index contributed by atoms with van der Waals surface area (Å²) in [4.78, 5) is 13.7. The molecule has 0 bridgehead atoms. The van der Waals surface area contributed by atoms with E-state index in [1.54, 1.807) is 29.2 Å². The summed E-state index contributed by atoms with van der Waals surface area (Å²) >= 11 is 6.20. The minimum atomic E-state index is -4.64. The molecule has 0 aliphatic carbocycles. The Labute approximate surface area is 184 Å². The van der Waals surface area contributed by atoms with Crippen molar-refractivity contribution < 1.29 is 26.4 Å². The molecule has 2 aromatic rings. The van der Waals surface area contributed by atoms with Crippen LogP contribution in [0.5, 0.6) is 0 Å². The molecule has 9 heteroatoms. The lowest BCUT2D eigenvalue weighted by Crippen LogP contribution is -2.50. The van der Waals surface area contributed by atoms with E-state index in [0.29, 0.717) is 17.5 Å². The van der Waals surface area contributed by atoms with Crippen LogP contribution in [0, 0.1) is 5.92 Å². The summed E-state index contributed by atoms with van der Waals surface area (Å²) < 4.78 is 64.6. The predicted molar refractivity (Wildman–Crippen MR) is 112 cm³/mol. The van der Waals surface area contributed by atoms with Crippen LogP contribution in [0.1, 0.15) is 37.8 Å². The van der Waals surface area contributed by atoms with Crippen molar-refractivity contribution in [3.8, 4) is 0 Å². The molecule has 0 N–H and O–H groups in total. The van der Waals surface area contributed by atoms with Crippen LogP contribution in [0.4, 0.5) is 13.2 Å². The standard InChI is InChI=1S/C22H23ClF3NO3S/c1-21(2,31(29,30)18-8-5-7-16(12-18)22(24,25)26)17-10-11-20(28)27(14-17)13-15-6-3-4-9-19(15)23/h3-9,12,17H,10-11,13-14H2,1-2H3. The maximum Gasteiger partial charge on any atom is 0.416 e. The molecule has 1 fully saturated rings. The molecule has 1 unspecified atom stereocenters. The molecule has 3 rings (SSSR count). The Morgan fingerprint density at radius 3 is 2.42 bits per heavy atom. The topological polar surface area (TPSA) is 54.5 Å². The molecule has 0 radical (unpaired) electrons. The molecular formula is C22H23ClF3NO3S. The van der Waals surface area contributed by atoms with Crippen molar-refractivity contribution in [1.29, 1.82) is 0 Å². The van der Waals surface area contributed by atoms with Gasteiger partial charge in [-0.1, -0.05) is 35.9 Å². The maximum absolute atomic E-state index is 13.3. The number of alkyl halides is 3. The molecular weight excluding hydrogens is 451 g/mol. The van der Waals surface area contributed by atoms with Crippen LogP contribution in [-0.2, 0) is 27.4 Å². The summed E-state index contributed by atoms with van der Waals surface area (Å²) in [5.74, 6) is -0.560. The normalized spacial score (nSPS) is 18.3. The molecule has 1 heterocycles. The smallest absolute Gasteiger partial charge is 0.338 e. The van der Waals surface area contributed by atoms with Gasteiger partial charge in [0.25, 0.3) is 0 Å². The molecule has 0 spiro atoms. The fraction of sp³-hybridized carbons (Fsp3) is 0.409. The van der Waals surface area contributed by atoms with Crippen LogP contribution in [0.2, 0.25) is 5.02 Å². The minimum absolute atomic E-state index is 0.108. The fourth-order valence-corrected chi connectivity index (χ4v) is 5.80. The van der Waals surface area contributed by atoms with E-state index in [9.17, 15) is 26.4 Å². The molecule has 4 nitrogen and oxygen atoms in total. The minimum Gasteiger partial charge on any atom is -0.338 e. The first-order valence-electron chi connectivity index (χ1n) is 9.77. The lowest BCUT2D eigenvalue weighted by Gasteiger charge is -2.41. The Kier molecular flexibility index (Phi) is 6.45. The summed E-state index contributed by atoms with van der Waals surface area (Å²) in [6, 6.07) is 10.9. The quantitative estimate of drug-likeness (QED) is 0.588. The van der Waals surface area contributed by atoms with Gasteiger partial charge in [-0.05, 0) is 56.0 Å². The lowest BCUT2D eigenvalue weighted by molar-refractivity contribution is -0.138. The van der Waals surface area contributed by atoms with Gasteiger partial charge < -0.3 is 4.90 Å². The van der Waals surface area contributed by atoms with Crippen LogP contribution in [0.3, 0.4) is 0 Å². The number of amides is 1. The second kappa shape index (κ2) is 8.47. The van der Waals surface area contributed by atoms with Crippen LogP contribution in [0.15, 0.2) is 53.4 Å². The van der Waals surface area contributed by atoms with Gasteiger partial charge in [-0.25, -0.2) is 8.42 Å². The number of halogens is 4. The average molecular weight is 474 g/mol. The van der Waals surface area contributed by atoms with Gasteiger partial charge in [0.1, 0.15) is 0 Å². The molecule has 2 aromatic carbocycles. The molecule has 168 valence electrons. The van der Waals surface area contributed by atoms with Gasteiger partial charge in [-0.15, -0.1) is 0 Å². The first-order valence-corrected chi connectivity index (χ1v) is 11.6. The average Bonchev–Trinajstić information content (AvgIpc) is 2.70. The SMILES string of the molecule is CC(C)(C1CCC(=O)N(Cc2ccccc2Cl)C1)S(=O)(=O)c1cccc(C(F)(F)F)c1. The van der Waals surface area contributed by atoms with Crippen molar-refractivity contribution in [2.24, 2.45) is 5.92 Å². The van der Waals surface area contributed by atoms with Gasteiger partial charge in [0.2, 0.25) is 5.91 Å². The molecule has 1 saturated heterocycles. The first kappa shape index (κ1) is 23.6. The number of hydrogen-bond acceptors (Lipinski definition) is 3. The Hall–Kier alpha value is -2.06. The van der Waals surface area contributed by atoms with E-state index in [1.165, 1.54) is 19.9 Å². The van der Waals surface area contributed by atoms with Crippen molar-refractivity contribution in [2.45, 2.75) is 49.1 Å². The highest BCUT2D eigenvalue weighted by molar-refractivity contribution is 7.92. The number of carbonyl (C=O) groups is 1. The van der Waals surface area contributed by atoms with Crippen LogP contribution in [0.25, 0.3) is 0 Å². The van der Waals surface area contributed by atoms with Crippen molar-refractivity contribution in [3.63, 3.8) is 0 Å². The number of sulfone groups is 1. The first-order chi connectivity index (χ1) is 14.3. The molecule has 1 aliphatic rings. The van der Waals surface area contributed by atoms with Crippen molar-refractivity contribution in [2.75, 3.05) is 6.54 Å². The van der Waals surface area contributed by atoms with Gasteiger partial charge in [-0.3, -0.25) is 4.79 Å². The van der Waals surface area contributed by atoms with Crippen molar-refractivity contribution in [3.05, 3.63) is 64.7 Å². The highest BCUT2D eigenvalue weighted by atomic mass is 35.5. The van der Waals surface area contributed by atoms with Gasteiger partial charge in [0, 0.05) is 24.5 Å². The molecule has 0 saturated carbocycles. The monoisotopic (exact) mass is 473 g/mol. The molecule has 1 aliphatic heterocycles. The fourth-order valence-electron chi connectivity index (χ4n) is 3.83. The van der Waals surface area contributed by atoms with Gasteiger partial charge in [-0.2, -0.15) is 13.2 Å². The lowest BCUT2D eigenvalue weighted by atomic mass is 9.86. The van der Waals surface area contributed by atoms with Gasteiger partial charge >= 0.3 is 6.18 Å². The van der Waals surface area contributed by atoms with Crippen LogP contribution >= 0.6 is 11.6 Å². The van der Waals surface area contributed by atoms with E-state index in [4.69, 9.17) is 11.6 Å². The number of piperidine rings is 1. The second-order valence-electron chi connectivity index (χ2n) is 8.23. The van der Waals surface area contributed by atoms with Gasteiger partial charge in [0.05, 0.1) is 15.2 Å². The van der Waals surface area contributed by atoms with E-state index >= 15 is 0 Å². The number of rotatable bonds is 5. The highest BCUT2D eigenvalue weighted by Gasteiger charge is 2.46. The Morgan fingerprint density at radius 1 is 1.10 bits per heavy atom. The van der Waals surface area contributed by atoms with E-state index < -0.39 is 32.2 Å². The number of likely N-dealkylation sites (tertiary alicyclic amines) is 1. The third-order valence-corrected chi connectivity index (χ3v) is 8.93. The Balaban J connectivity index is 1.88. The second-order valence-corrected chi connectivity index (χ2v) is 11.2. The zero-order valence-corrected chi connectivity index (χ0v) is 18.7. The summed E-state index contributed by atoms with van der Waals surface area (Å²) in [6.07, 6.45) is -4.14. The van der Waals surface area contributed by atoms with Crippen molar-refractivity contribution >= 4 is 27.3 Å². The van der Waals surface area contributed by atoms with E-state index in [0.717, 1.165) is 17.7 Å². The number of hydrogen-bond donors (Lipinski definition) is 0. The van der Waals surface area contributed by atoms with E-state index in [1.807, 2.05) is 0 Å². The third kappa shape index (κ3) is 4.75. The largest absolute Gasteiger partial charge is 0.416 e. The van der Waals surface area contributed by atoms with Crippen LogP contribution < -0.4 is 0 Å². The highest BCUT2D eigenvalue weighted by Crippen LogP contribution is 2.39. The third-order valence-electron chi connectivity index (χ3n) is 5.97. The molecule has 0 aromatic heterocycles. The predicted octanol–water partition coefficient (Wildman–Crippen LogP) is 5.35. The summed E-state index contributed by atoms with van der Waals surface area (Å²) in [7, 11) is -4.11. The Bertz CT molecular complexity index is 1080. The molecule has 31 heavy (non-hydrogen) atoms. The van der Waals surface area contributed by atoms with E-state index in [2.05, 4.69) is 0 Å². The zero-order chi connectivity index (χ0) is 23.0. The van der Waals surface area contributed by atoms with Gasteiger partial charge in [0.15, 0.2) is 9.84 Å². The molecule has 1 atom stereocenters. The van der Waals surface area contributed by atoms with E-state index in [-0.39, 0.29) is 30.3 Å². The maximum atomic E-state index is 13.3. The van der Waals surface area contributed by atoms with Crippen LogP contribution in [-0.4, -0.2) is 30.5 Å². The number of benzene rings is 2. The summed E-state index contributed by atoms with van der Waals surface area (Å²) in [5.41, 5.74) is -0.264. The summed E-state index contributed by atoms with van der Waals surface area (Å²) in [5, 5.41) is 0.508. The zero-order valence-electron chi connectivity index (χ0n) is 17.1. The van der Waals surface area contributed by atoms with Crippen molar-refractivity contribution in [1.82, 2.24) is 4.90 Å².